The average molecular weight is 346 g/mol. The van der Waals surface area contributed by atoms with Gasteiger partial charge in [0, 0.05) is 22.6 Å². The summed E-state index contributed by atoms with van der Waals surface area (Å²) >= 11 is 1.57. The summed E-state index contributed by atoms with van der Waals surface area (Å²) in [6.07, 6.45) is 1.79. The third kappa shape index (κ3) is 5.89. The van der Waals surface area contributed by atoms with Crippen LogP contribution in [0.15, 0.2) is 40.4 Å². The number of benzene rings is 1. The lowest BCUT2D eigenvalue weighted by Crippen LogP contribution is -2.18. The van der Waals surface area contributed by atoms with E-state index in [9.17, 15) is 14.4 Å². The Bertz CT molecular complexity index is 698. The first-order valence-electron chi connectivity index (χ1n) is 7.11. The van der Waals surface area contributed by atoms with Gasteiger partial charge in [0.1, 0.15) is 11.6 Å². The zero-order valence-electron chi connectivity index (χ0n) is 13.5. The van der Waals surface area contributed by atoms with Crippen molar-refractivity contribution in [3.8, 4) is 6.07 Å². The van der Waals surface area contributed by atoms with Crippen molar-refractivity contribution in [3.05, 3.63) is 41.1 Å². The highest BCUT2D eigenvalue weighted by atomic mass is 32.2. The molecular formula is C17H18N2O4S. The molecule has 1 rings (SSSR count). The van der Waals surface area contributed by atoms with Crippen molar-refractivity contribution in [2.75, 3.05) is 12.9 Å². The molecule has 0 atom stereocenters. The standard InChI is InChI=1S/C17H18N2O4S/c1-11(19)14(9-18)16(21)10-23-17(22)8-7-15(20)12-3-5-13(24-2)6-4-12/h3-6H,7-8,10,19H2,1-2H3/b14-11+. The molecule has 0 saturated heterocycles. The average Bonchev–Trinajstić information content (AvgIpc) is 2.58. The van der Waals surface area contributed by atoms with Gasteiger partial charge in [-0.15, -0.1) is 11.8 Å². The Hall–Kier alpha value is -2.59. The zero-order valence-corrected chi connectivity index (χ0v) is 14.3. The lowest BCUT2D eigenvalue weighted by molar-refractivity contribution is -0.147. The molecule has 1 aromatic carbocycles. The zero-order chi connectivity index (χ0) is 18.1. The molecule has 0 heterocycles. The number of carbonyl (C=O) groups is 3. The maximum absolute atomic E-state index is 12.0. The molecule has 0 aromatic heterocycles. The monoisotopic (exact) mass is 346 g/mol. The highest BCUT2D eigenvalue weighted by Gasteiger charge is 2.15. The van der Waals surface area contributed by atoms with Crippen LogP contribution in [0.4, 0.5) is 0 Å². The molecule has 0 aliphatic carbocycles. The van der Waals surface area contributed by atoms with Gasteiger partial charge < -0.3 is 10.5 Å². The van der Waals surface area contributed by atoms with Crippen LogP contribution in [0.5, 0.6) is 0 Å². The van der Waals surface area contributed by atoms with Gasteiger partial charge in [-0.25, -0.2) is 0 Å². The number of Topliss-reactive ketones (excluding diaryl/α,β-unsaturated/α-hetero) is 2. The van der Waals surface area contributed by atoms with Crippen LogP contribution in [0.25, 0.3) is 0 Å². The SMILES string of the molecule is CSc1ccc(C(=O)CCC(=O)OCC(=O)/C(C#N)=C(\C)N)cc1. The van der Waals surface area contributed by atoms with E-state index in [4.69, 9.17) is 15.7 Å². The molecule has 0 amide bonds. The second kappa shape index (κ2) is 9.53. The van der Waals surface area contributed by atoms with Crippen molar-refractivity contribution in [2.24, 2.45) is 5.73 Å². The Morgan fingerprint density at radius 2 is 1.83 bits per heavy atom. The Balaban J connectivity index is 2.46. The fraction of sp³-hybridized carbons (Fsp3) is 0.294. The minimum atomic E-state index is -0.676. The van der Waals surface area contributed by atoms with E-state index in [-0.39, 0.29) is 29.9 Å². The molecule has 0 spiro atoms. The van der Waals surface area contributed by atoms with Gasteiger partial charge in [0.25, 0.3) is 0 Å². The molecule has 0 fully saturated rings. The Labute approximate surface area is 144 Å². The number of thioether (sulfide) groups is 1. The molecule has 7 heteroatoms. The molecule has 6 nitrogen and oxygen atoms in total. The Morgan fingerprint density at radius 1 is 1.21 bits per heavy atom. The molecule has 0 aliphatic rings. The molecule has 0 saturated carbocycles. The minimum Gasteiger partial charge on any atom is -0.457 e. The number of allylic oxidation sites excluding steroid dienone is 1. The number of nitrogens with two attached hydrogens (primary N) is 1. The summed E-state index contributed by atoms with van der Waals surface area (Å²) in [4.78, 5) is 36.3. The number of ether oxygens (including phenoxy) is 1. The van der Waals surface area contributed by atoms with Gasteiger partial charge in [0.05, 0.1) is 6.42 Å². The topological polar surface area (TPSA) is 110 Å². The van der Waals surface area contributed by atoms with Crippen LogP contribution < -0.4 is 5.73 Å². The Kier molecular flexibility index (Phi) is 7.72. The van der Waals surface area contributed by atoms with E-state index < -0.39 is 18.4 Å². The van der Waals surface area contributed by atoms with Crippen LogP contribution in [0.1, 0.15) is 30.1 Å². The molecular weight excluding hydrogens is 328 g/mol. The maximum atomic E-state index is 12.0. The maximum Gasteiger partial charge on any atom is 0.306 e. The molecule has 0 aliphatic heterocycles. The number of nitriles is 1. The predicted molar refractivity (Wildman–Crippen MR) is 90.3 cm³/mol. The highest BCUT2D eigenvalue weighted by molar-refractivity contribution is 7.98. The van der Waals surface area contributed by atoms with Crippen molar-refractivity contribution in [3.63, 3.8) is 0 Å². The fourth-order valence-electron chi connectivity index (χ4n) is 1.80. The molecule has 0 radical (unpaired) electrons. The number of hydrogen-bond acceptors (Lipinski definition) is 7. The highest BCUT2D eigenvalue weighted by Crippen LogP contribution is 2.16. The van der Waals surface area contributed by atoms with E-state index in [1.807, 2.05) is 18.4 Å². The van der Waals surface area contributed by atoms with Gasteiger partial charge in [-0.1, -0.05) is 12.1 Å². The van der Waals surface area contributed by atoms with Crippen molar-refractivity contribution >= 4 is 29.3 Å². The summed E-state index contributed by atoms with van der Waals surface area (Å²) in [5.74, 6) is -1.52. The van der Waals surface area contributed by atoms with E-state index in [0.29, 0.717) is 5.56 Å². The second-order valence-electron chi connectivity index (χ2n) is 4.91. The van der Waals surface area contributed by atoms with Crippen LogP contribution in [0.3, 0.4) is 0 Å². The molecule has 0 bridgehead atoms. The van der Waals surface area contributed by atoms with Crippen LogP contribution in [-0.2, 0) is 14.3 Å². The lowest BCUT2D eigenvalue weighted by Gasteiger charge is -2.05. The number of ketones is 2. The van der Waals surface area contributed by atoms with Gasteiger partial charge in [-0.3, -0.25) is 14.4 Å². The third-order valence-corrected chi connectivity index (χ3v) is 3.86. The lowest BCUT2D eigenvalue weighted by atomic mass is 10.1. The smallest absolute Gasteiger partial charge is 0.306 e. The first kappa shape index (κ1) is 19.5. The van der Waals surface area contributed by atoms with Gasteiger partial charge in [-0.05, 0) is 25.3 Å². The van der Waals surface area contributed by atoms with Crippen LogP contribution in [0, 0.1) is 11.3 Å². The van der Waals surface area contributed by atoms with Gasteiger partial charge >= 0.3 is 5.97 Å². The molecule has 1 aromatic rings. The van der Waals surface area contributed by atoms with Crippen LogP contribution >= 0.6 is 11.8 Å². The van der Waals surface area contributed by atoms with Crippen LogP contribution in [-0.4, -0.2) is 30.4 Å². The van der Waals surface area contributed by atoms with Crippen LogP contribution in [0.2, 0.25) is 0 Å². The summed E-state index contributed by atoms with van der Waals surface area (Å²) in [5.41, 5.74) is 5.75. The quantitative estimate of drug-likeness (QED) is 0.253. The number of hydrogen-bond donors (Lipinski definition) is 1. The summed E-state index contributed by atoms with van der Waals surface area (Å²) < 4.78 is 4.77. The summed E-state index contributed by atoms with van der Waals surface area (Å²) in [7, 11) is 0. The first-order valence-corrected chi connectivity index (χ1v) is 8.34. The van der Waals surface area contributed by atoms with Crippen molar-refractivity contribution in [1.82, 2.24) is 0 Å². The normalized spacial score (nSPS) is 11.2. The minimum absolute atomic E-state index is 0.0114. The number of rotatable bonds is 8. The van der Waals surface area contributed by atoms with Gasteiger partial charge in [0.15, 0.2) is 12.4 Å². The summed E-state index contributed by atoms with van der Waals surface area (Å²) in [5, 5.41) is 8.78. The Morgan fingerprint density at radius 3 is 2.33 bits per heavy atom. The predicted octanol–water partition coefficient (Wildman–Crippen LogP) is 2.24. The van der Waals surface area contributed by atoms with Crippen molar-refractivity contribution in [1.29, 1.82) is 5.26 Å². The molecule has 126 valence electrons. The number of nitrogens with zero attached hydrogens (tertiary/aromatic N) is 1. The summed E-state index contributed by atoms with van der Waals surface area (Å²) in [6.45, 7) is 0.853. The van der Waals surface area contributed by atoms with Crippen molar-refractivity contribution < 1.29 is 19.1 Å². The van der Waals surface area contributed by atoms with E-state index in [1.165, 1.54) is 6.92 Å². The third-order valence-electron chi connectivity index (χ3n) is 3.12. The molecule has 0 unspecified atom stereocenters. The number of carbonyl (C=O) groups excluding carboxylic acids is 3. The van der Waals surface area contributed by atoms with E-state index >= 15 is 0 Å². The fourth-order valence-corrected chi connectivity index (χ4v) is 2.21. The second-order valence-corrected chi connectivity index (χ2v) is 5.79. The molecule has 24 heavy (non-hydrogen) atoms. The van der Waals surface area contributed by atoms with Crippen molar-refractivity contribution in [2.45, 2.75) is 24.7 Å². The van der Waals surface area contributed by atoms with E-state index in [2.05, 4.69) is 0 Å². The van der Waals surface area contributed by atoms with Gasteiger partial charge in [0.2, 0.25) is 5.78 Å². The van der Waals surface area contributed by atoms with E-state index in [1.54, 1.807) is 30.0 Å². The summed E-state index contributed by atoms with van der Waals surface area (Å²) in [6, 6.07) is 8.74. The first-order chi connectivity index (χ1) is 11.4. The number of esters is 1. The van der Waals surface area contributed by atoms with E-state index in [0.717, 1.165) is 4.90 Å². The molecule has 2 N–H and O–H groups in total. The largest absolute Gasteiger partial charge is 0.457 e. The van der Waals surface area contributed by atoms with Gasteiger partial charge in [-0.2, -0.15) is 5.26 Å².